The number of benzene rings is 2. The molecule has 13 nitrogen and oxygen atoms in total. The minimum atomic E-state index is -5.08. The number of nitrogen functional groups attached to an aromatic ring is 1. The third kappa shape index (κ3) is 13.2. The first-order chi connectivity index (χ1) is 21.1. The number of carboxylic acids is 2. The molecule has 252 valence electrons. The number of hydrogen-bond acceptors (Lipinski definition) is 7. The number of amidine groups is 1. The van der Waals surface area contributed by atoms with Crippen molar-refractivity contribution in [3.8, 4) is 0 Å². The summed E-state index contributed by atoms with van der Waals surface area (Å²) >= 11 is 0. The van der Waals surface area contributed by atoms with E-state index >= 15 is 0 Å². The number of primary amides is 1. The summed E-state index contributed by atoms with van der Waals surface area (Å²) in [6, 6.07) is 13.0. The van der Waals surface area contributed by atoms with E-state index in [4.69, 9.17) is 36.7 Å². The van der Waals surface area contributed by atoms with Crippen LogP contribution in [0.25, 0.3) is 0 Å². The largest absolute Gasteiger partial charge is 0.490 e. The highest BCUT2D eigenvalue weighted by atomic mass is 19.4. The molecule has 1 unspecified atom stereocenters. The Morgan fingerprint density at radius 3 is 1.91 bits per heavy atom. The Hall–Kier alpha value is -5.20. The van der Waals surface area contributed by atoms with Crippen LogP contribution in [0.5, 0.6) is 0 Å². The zero-order chi connectivity index (χ0) is 35.4. The van der Waals surface area contributed by atoms with E-state index in [9.17, 15) is 40.7 Å². The summed E-state index contributed by atoms with van der Waals surface area (Å²) in [6.45, 7) is 2.53. The minimum absolute atomic E-state index is 0.0137. The molecule has 0 saturated carbocycles. The third-order valence-corrected chi connectivity index (χ3v) is 6.06. The number of carbonyl (C=O) groups is 5. The fourth-order valence-electron chi connectivity index (χ4n) is 3.66. The molecule has 0 spiro atoms. The van der Waals surface area contributed by atoms with Gasteiger partial charge in [0.2, 0.25) is 17.7 Å². The lowest BCUT2D eigenvalue weighted by Crippen LogP contribution is -2.49. The number of rotatable bonds is 8. The summed E-state index contributed by atoms with van der Waals surface area (Å²) in [5, 5.41) is 30.4. The van der Waals surface area contributed by atoms with Gasteiger partial charge in [-0.3, -0.25) is 19.8 Å². The molecule has 3 atom stereocenters. The van der Waals surface area contributed by atoms with Crippen molar-refractivity contribution in [3.05, 3.63) is 70.8 Å². The number of alkyl halides is 6. The lowest BCUT2D eigenvalue weighted by atomic mass is 9.94. The first-order valence-corrected chi connectivity index (χ1v) is 12.9. The minimum Gasteiger partial charge on any atom is -0.475 e. The molecule has 0 radical (unpaired) electrons. The van der Waals surface area contributed by atoms with Gasteiger partial charge in [-0.15, -0.1) is 0 Å². The highest BCUT2D eigenvalue weighted by Crippen LogP contribution is 2.26. The Morgan fingerprint density at radius 1 is 0.935 bits per heavy atom. The summed E-state index contributed by atoms with van der Waals surface area (Å²) in [5.41, 5.74) is 13.7. The molecule has 0 aromatic heterocycles. The van der Waals surface area contributed by atoms with Crippen LogP contribution in [0, 0.1) is 5.41 Å². The lowest BCUT2D eigenvalue weighted by molar-refractivity contribution is -0.193. The maximum Gasteiger partial charge on any atom is 0.490 e. The zero-order valence-electron chi connectivity index (χ0n) is 23.8. The second kappa shape index (κ2) is 16.8. The van der Waals surface area contributed by atoms with Crippen LogP contribution < -0.4 is 27.4 Å². The van der Waals surface area contributed by atoms with Gasteiger partial charge in [0.25, 0.3) is 0 Å². The Bertz CT molecular complexity index is 1390. The number of halogens is 6. The van der Waals surface area contributed by atoms with E-state index in [1.165, 1.54) is 0 Å². The number of carbonyl (C=O) groups excluding carboxylic acids is 3. The fraction of sp³-hybridized carbons (Fsp3) is 0.333. The predicted octanol–water partition coefficient (Wildman–Crippen LogP) is 1.60. The molecule has 2 aromatic carbocycles. The maximum absolute atomic E-state index is 12.6. The molecule has 2 aromatic rings. The van der Waals surface area contributed by atoms with Gasteiger partial charge in [-0.05, 0) is 42.5 Å². The van der Waals surface area contributed by atoms with Crippen molar-refractivity contribution in [2.24, 2.45) is 11.5 Å². The van der Waals surface area contributed by atoms with E-state index < -0.39 is 42.3 Å². The van der Waals surface area contributed by atoms with Gasteiger partial charge < -0.3 is 37.6 Å². The van der Waals surface area contributed by atoms with Crippen LogP contribution in [0.3, 0.4) is 0 Å². The molecule has 46 heavy (non-hydrogen) atoms. The fourth-order valence-corrected chi connectivity index (χ4v) is 3.66. The van der Waals surface area contributed by atoms with Crippen LogP contribution in [-0.4, -0.2) is 76.7 Å². The highest BCUT2D eigenvalue weighted by molar-refractivity contribution is 5.95. The average molecular weight is 665 g/mol. The molecule has 1 aliphatic rings. The standard InChI is InChI=1S/C23H28N6O3.2C2HF3O2/c1-13(22(31)28-11-14-5-7-15(8-6-14)20(24)25)29-23(32)19-10-18(12-27-19)16-3-2-4-17(9-16)21(26)30;2*3-2(4,5)1(6)7/h2-9,13,18-19,27H,10-12H2,1H3,(H3,24,25)(H2,26,30)(H,28,31)(H,29,32);2*(H,6,7)/t13?,18-,19-;;/m1../s1. The molecule has 1 fully saturated rings. The second-order valence-corrected chi connectivity index (χ2v) is 9.55. The van der Waals surface area contributed by atoms with Crippen LogP contribution >= 0.6 is 0 Å². The van der Waals surface area contributed by atoms with Gasteiger partial charge in [-0.25, -0.2) is 9.59 Å². The average Bonchev–Trinajstić information content (AvgIpc) is 3.46. The Labute approximate surface area is 256 Å². The third-order valence-electron chi connectivity index (χ3n) is 6.06. The van der Waals surface area contributed by atoms with Crippen LogP contribution in [0.15, 0.2) is 48.5 Å². The molecule has 19 heteroatoms. The quantitative estimate of drug-likeness (QED) is 0.116. The molecule has 0 aliphatic carbocycles. The topological polar surface area (TPSA) is 238 Å². The van der Waals surface area contributed by atoms with Crippen molar-refractivity contribution < 1.29 is 60.5 Å². The predicted molar refractivity (Wildman–Crippen MR) is 148 cm³/mol. The zero-order valence-corrected chi connectivity index (χ0v) is 23.8. The number of aliphatic carboxylic acids is 2. The van der Waals surface area contributed by atoms with E-state index in [1.807, 2.05) is 6.07 Å². The first kappa shape index (κ1) is 38.8. The van der Waals surface area contributed by atoms with Crippen molar-refractivity contribution in [1.29, 1.82) is 5.41 Å². The molecular formula is C27H30F6N6O7. The lowest BCUT2D eigenvalue weighted by Gasteiger charge is -2.17. The molecule has 1 saturated heterocycles. The molecular weight excluding hydrogens is 634 g/mol. The normalized spacial score (nSPS) is 16.3. The van der Waals surface area contributed by atoms with Crippen LogP contribution in [0.4, 0.5) is 26.3 Å². The molecule has 3 rings (SSSR count). The van der Waals surface area contributed by atoms with Crippen LogP contribution in [0.1, 0.15) is 46.3 Å². The molecule has 10 N–H and O–H groups in total. The maximum atomic E-state index is 12.6. The molecule has 1 aliphatic heterocycles. The SMILES string of the molecule is CC(NC(=O)[C@H]1C[C@@H](c2cccc(C(N)=O)c2)CN1)C(=O)NCc1ccc(C(=N)N)cc1.O=C(O)C(F)(F)F.O=C(O)C(F)(F)F. The molecule has 3 amide bonds. The number of nitrogens with one attached hydrogen (secondary N) is 4. The summed E-state index contributed by atoms with van der Waals surface area (Å²) in [6.07, 6.45) is -9.61. The number of carboxylic acid groups (broad SMARTS) is 2. The summed E-state index contributed by atoms with van der Waals surface area (Å²) < 4.78 is 63.5. The van der Waals surface area contributed by atoms with E-state index in [2.05, 4.69) is 16.0 Å². The number of hydrogen-bond donors (Lipinski definition) is 8. The van der Waals surface area contributed by atoms with E-state index in [1.54, 1.807) is 49.4 Å². The van der Waals surface area contributed by atoms with Crippen LogP contribution in [-0.2, 0) is 25.7 Å². The Kier molecular flexibility index (Phi) is 14.1. The highest BCUT2D eigenvalue weighted by Gasteiger charge is 2.39. The van der Waals surface area contributed by atoms with Gasteiger partial charge in [-0.1, -0.05) is 36.4 Å². The van der Waals surface area contributed by atoms with Gasteiger partial charge in [0, 0.05) is 24.2 Å². The van der Waals surface area contributed by atoms with E-state index in [0.29, 0.717) is 30.6 Å². The number of nitrogens with two attached hydrogens (primary N) is 2. The van der Waals surface area contributed by atoms with Gasteiger partial charge in [0.05, 0.1) is 6.04 Å². The van der Waals surface area contributed by atoms with E-state index in [0.717, 1.165) is 11.1 Å². The smallest absolute Gasteiger partial charge is 0.475 e. The van der Waals surface area contributed by atoms with Crippen molar-refractivity contribution in [2.75, 3.05) is 6.54 Å². The van der Waals surface area contributed by atoms with Crippen molar-refractivity contribution in [3.63, 3.8) is 0 Å². The van der Waals surface area contributed by atoms with Gasteiger partial charge >= 0.3 is 24.3 Å². The van der Waals surface area contributed by atoms with Gasteiger partial charge in [0.1, 0.15) is 11.9 Å². The Morgan fingerprint density at radius 2 is 1.46 bits per heavy atom. The van der Waals surface area contributed by atoms with Crippen molar-refractivity contribution in [1.82, 2.24) is 16.0 Å². The van der Waals surface area contributed by atoms with Gasteiger partial charge in [-0.2, -0.15) is 26.3 Å². The first-order valence-electron chi connectivity index (χ1n) is 12.9. The monoisotopic (exact) mass is 664 g/mol. The van der Waals surface area contributed by atoms with Crippen molar-refractivity contribution in [2.45, 2.75) is 50.2 Å². The summed E-state index contributed by atoms with van der Waals surface area (Å²) in [5.74, 6) is -6.47. The molecule has 1 heterocycles. The van der Waals surface area contributed by atoms with Gasteiger partial charge in [0.15, 0.2) is 0 Å². The van der Waals surface area contributed by atoms with Crippen molar-refractivity contribution >= 4 is 35.5 Å². The summed E-state index contributed by atoms with van der Waals surface area (Å²) in [7, 11) is 0. The second-order valence-electron chi connectivity index (χ2n) is 9.55. The summed E-state index contributed by atoms with van der Waals surface area (Å²) in [4.78, 5) is 54.2. The molecule has 0 bridgehead atoms. The number of amides is 3. The van der Waals surface area contributed by atoms with E-state index in [-0.39, 0.29) is 23.6 Å². The Balaban J connectivity index is 0.000000629. The van der Waals surface area contributed by atoms with Crippen LogP contribution in [0.2, 0.25) is 0 Å².